The summed E-state index contributed by atoms with van der Waals surface area (Å²) in [7, 11) is 2.27. The number of hydrogen-bond donors (Lipinski definition) is 2. The van der Waals surface area contributed by atoms with Crippen LogP contribution in [0.25, 0.3) is 0 Å². The van der Waals surface area contributed by atoms with Crippen molar-refractivity contribution < 1.29 is 9.47 Å². The molecule has 0 radical (unpaired) electrons. The number of hydrogen-bond acceptors (Lipinski definition) is 7. The topological polar surface area (TPSA) is 61.9 Å². The van der Waals surface area contributed by atoms with Gasteiger partial charge in [0.25, 0.3) is 0 Å². The minimum absolute atomic E-state index is 0.410. The maximum absolute atomic E-state index is 6.44. The van der Waals surface area contributed by atoms with Crippen LogP contribution in [0.15, 0.2) is 24.4 Å². The van der Waals surface area contributed by atoms with E-state index in [2.05, 4.69) is 52.6 Å². The minimum Gasteiger partial charge on any atom is -0.486 e. The van der Waals surface area contributed by atoms with Gasteiger partial charge in [-0.05, 0) is 68.0 Å². The molecule has 4 aliphatic rings. The first-order valence-electron chi connectivity index (χ1n) is 12.9. The van der Waals surface area contributed by atoms with Crippen LogP contribution in [0.2, 0.25) is 0 Å². The summed E-state index contributed by atoms with van der Waals surface area (Å²) < 4.78 is 12.0. The molecule has 5 heterocycles. The van der Waals surface area contributed by atoms with Crippen LogP contribution in [0.5, 0.6) is 5.75 Å². The van der Waals surface area contributed by atoms with E-state index < -0.39 is 0 Å². The standard InChI is InChI=1S/C27H37N5O2/c1-18-13-20(25-4-8-32(10-9-31(25)2)21-15-28-16-21)14-24-26(18)34-17-23-22(3-7-29-27(23)30-24)19-5-11-33-12-6-19/h3,7,13-14,19,21,25,28H,4-6,8-12,15-17H2,1-2H3,(H,29,30)/t25-/m0/s1. The first-order chi connectivity index (χ1) is 16.7. The molecular formula is C27H37N5O2. The van der Waals surface area contributed by atoms with Gasteiger partial charge in [0.15, 0.2) is 0 Å². The maximum Gasteiger partial charge on any atom is 0.146 e. The third-order valence-electron chi connectivity index (χ3n) is 8.29. The van der Waals surface area contributed by atoms with E-state index >= 15 is 0 Å². The number of aryl methyl sites for hydroxylation is 1. The van der Waals surface area contributed by atoms with Crippen LogP contribution in [-0.4, -0.2) is 73.8 Å². The Hall–Kier alpha value is -2.19. The summed E-state index contributed by atoms with van der Waals surface area (Å²) in [6.45, 7) is 10.1. The summed E-state index contributed by atoms with van der Waals surface area (Å²) in [4.78, 5) is 9.93. The van der Waals surface area contributed by atoms with Gasteiger partial charge in [-0.1, -0.05) is 6.07 Å². The van der Waals surface area contributed by atoms with Crippen molar-refractivity contribution >= 4 is 11.5 Å². The Kier molecular flexibility index (Phi) is 6.20. The lowest BCUT2D eigenvalue weighted by Crippen LogP contribution is -2.57. The lowest BCUT2D eigenvalue weighted by Gasteiger charge is -2.37. The van der Waals surface area contributed by atoms with E-state index in [0.29, 0.717) is 24.6 Å². The molecule has 1 atom stereocenters. The average molecular weight is 464 g/mol. The van der Waals surface area contributed by atoms with E-state index in [4.69, 9.17) is 14.5 Å². The number of pyridine rings is 1. The molecule has 0 unspecified atom stereocenters. The molecule has 34 heavy (non-hydrogen) atoms. The Morgan fingerprint density at radius 3 is 2.71 bits per heavy atom. The van der Waals surface area contributed by atoms with Crippen molar-refractivity contribution in [2.45, 2.75) is 50.8 Å². The van der Waals surface area contributed by atoms with Crippen molar-refractivity contribution in [3.63, 3.8) is 0 Å². The van der Waals surface area contributed by atoms with Crippen LogP contribution in [0, 0.1) is 6.92 Å². The number of fused-ring (bicyclic) bond motifs is 2. The van der Waals surface area contributed by atoms with Crippen LogP contribution in [0.1, 0.15) is 53.5 Å². The Morgan fingerprint density at radius 1 is 1.06 bits per heavy atom. The third kappa shape index (κ3) is 4.19. The molecule has 0 saturated carbocycles. The number of ether oxygens (including phenoxy) is 2. The second kappa shape index (κ2) is 9.46. The molecule has 2 N–H and O–H groups in total. The number of anilines is 2. The maximum atomic E-state index is 6.44. The fourth-order valence-corrected chi connectivity index (χ4v) is 6.09. The van der Waals surface area contributed by atoms with Crippen LogP contribution < -0.4 is 15.4 Å². The van der Waals surface area contributed by atoms with Gasteiger partial charge in [0.1, 0.15) is 18.2 Å². The summed E-state index contributed by atoms with van der Waals surface area (Å²) in [5, 5.41) is 7.10. The predicted molar refractivity (Wildman–Crippen MR) is 134 cm³/mol. The van der Waals surface area contributed by atoms with E-state index in [1.807, 2.05) is 6.20 Å². The Bertz CT molecular complexity index is 1030. The van der Waals surface area contributed by atoms with Gasteiger partial charge >= 0.3 is 0 Å². The van der Waals surface area contributed by atoms with Crippen molar-refractivity contribution in [1.82, 2.24) is 20.1 Å². The van der Waals surface area contributed by atoms with Gasteiger partial charge in [-0.3, -0.25) is 9.80 Å². The highest BCUT2D eigenvalue weighted by Crippen LogP contribution is 2.42. The fourth-order valence-electron chi connectivity index (χ4n) is 6.09. The summed E-state index contributed by atoms with van der Waals surface area (Å²) in [6.07, 6.45) is 5.22. The molecular weight excluding hydrogens is 426 g/mol. The Balaban J connectivity index is 1.28. The van der Waals surface area contributed by atoms with E-state index in [0.717, 1.165) is 82.5 Å². The predicted octanol–water partition coefficient (Wildman–Crippen LogP) is 3.57. The molecule has 7 nitrogen and oxygen atoms in total. The SMILES string of the molecule is Cc1cc([C@@H]2CCN(C3CNC3)CCN2C)cc2c1OCc1c(C3CCOCC3)ccnc1N2. The molecule has 0 spiro atoms. The van der Waals surface area contributed by atoms with Crippen LogP contribution in [0.3, 0.4) is 0 Å². The molecule has 0 bridgehead atoms. The summed E-state index contributed by atoms with van der Waals surface area (Å²) in [5.41, 5.74) is 6.16. The smallest absolute Gasteiger partial charge is 0.146 e. The average Bonchev–Trinajstić information content (AvgIpc) is 3.12. The Labute approximate surface area is 202 Å². The highest BCUT2D eigenvalue weighted by molar-refractivity contribution is 5.71. The van der Waals surface area contributed by atoms with Crippen molar-refractivity contribution in [3.8, 4) is 5.75 Å². The van der Waals surface area contributed by atoms with Crippen LogP contribution >= 0.6 is 0 Å². The van der Waals surface area contributed by atoms with Crippen molar-refractivity contribution in [2.75, 3.05) is 58.3 Å². The van der Waals surface area contributed by atoms with Crippen molar-refractivity contribution in [2.24, 2.45) is 0 Å². The fraction of sp³-hybridized carbons (Fsp3) is 0.593. The number of benzene rings is 1. The molecule has 0 aliphatic carbocycles. The monoisotopic (exact) mass is 463 g/mol. The third-order valence-corrected chi connectivity index (χ3v) is 8.29. The summed E-state index contributed by atoms with van der Waals surface area (Å²) >= 11 is 0. The van der Waals surface area contributed by atoms with Gasteiger partial charge in [-0.25, -0.2) is 4.98 Å². The first kappa shape index (κ1) is 22.3. The largest absolute Gasteiger partial charge is 0.486 e. The molecule has 1 aromatic heterocycles. The lowest BCUT2D eigenvalue weighted by atomic mass is 9.89. The van der Waals surface area contributed by atoms with Gasteiger partial charge in [0.05, 0.1) is 5.69 Å². The number of aromatic nitrogens is 1. The van der Waals surface area contributed by atoms with Gasteiger partial charge in [0.2, 0.25) is 0 Å². The summed E-state index contributed by atoms with van der Waals surface area (Å²) in [5.74, 6) is 2.41. The zero-order valence-electron chi connectivity index (χ0n) is 20.5. The first-order valence-corrected chi connectivity index (χ1v) is 12.9. The Morgan fingerprint density at radius 2 is 1.91 bits per heavy atom. The van der Waals surface area contributed by atoms with E-state index in [1.54, 1.807) is 0 Å². The molecule has 6 rings (SSSR count). The van der Waals surface area contributed by atoms with E-state index in [9.17, 15) is 0 Å². The number of nitrogens with zero attached hydrogens (tertiary/aromatic N) is 3. The van der Waals surface area contributed by atoms with Crippen molar-refractivity contribution in [1.29, 1.82) is 0 Å². The normalized spacial score (nSPS) is 24.7. The molecule has 0 amide bonds. The molecule has 3 saturated heterocycles. The van der Waals surface area contributed by atoms with Gasteiger partial charge in [0, 0.05) is 69.8 Å². The van der Waals surface area contributed by atoms with Crippen LogP contribution in [0.4, 0.5) is 11.5 Å². The molecule has 2 aromatic rings. The zero-order chi connectivity index (χ0) is 23.1. The highest BCUT2D eigenvalue weighted by Gasteiger charge is 2.31. The van der Waals surface area contributed by atoms with E-state index in [-0.39, 0.29) is 0 Å². The molecule has 4 aliphatic heterocycles. The number of likely N-dealkylation sites (N-methyl/N-ethyl adjacent to an activating group) is 1. The molecule has 7 heteroatoms. The molecule has 3 fully saturated rings. The minimum atomic E-state index is 0.410. The number of rotatable bonds is 3. The second-order valence-electron chi connectivity index (χ2n) is 10.4. The lowest BCUT2D eigenvalue weighted by molar-refractivity contribution is 0.0849. The highest BCUT2D eigenvalue weighted by atomic mass is 16.5. The molecule has 182 valence electrons. The van der Waals surface area contributed by atoms with E-state index in [1.165, 1.54) is 22.3 Å². The second-order valence-corrected chi connectivity index (χ2v) is 10.4. The number of nitrogens with one attached hydrogen (secondary N) is 2. The van der Waals surface area contributed by atoms with Crippen molar-refractivity contribution in [3.05, 3.63) is 46.6 Å². The summed E-state index contributed by atoms with van der Waals surface area (Å²) in [6, 6.07) is 7.95. The molecule has 1 aromatic carbocycles. The zero-order valence-corrected chi connectivity index (χ0v) is 20.5. The van der Waals surface area contributed by atoms with Gasteiger partial charge < -0.3 is 20.1 Å². The van der Waals surface area contributed by atoms with Gasteiger partial charge in [-0.15, -0.1) is 0 Å². The van der Waals surface area contributed by atoms with Gasteiger partial charge in [-0.2, -0.15) is 0 Å². The quantitative estimate of drug-likeness (QED) is 0.722. The van der Waals surface area contributed by atoms with Crippen LogP contribution in [-0.2, 0) is 11.3 Å².